The fraction of sp³-hybridized carbons (Fsp3) is 0.200. The molecule has 0 saturated carbocycles. The Labute approximate surface area is 160 Å². The van der Waals surface area contributed by atoms with Gasteiger partial charge in [-0.1, -0.05) is 0 Å². The Hall–Kier alpha value is -3.52. The Morgan fingerprint density at radius 2 is 1.68 bits per heavy atom. The molecule has 0 aliphatic carbocycles. The molecule has 0 aliphatic rings. The zero-order chi connectivity index (χ0) is 20.3. The summed E-state index contributed by atoms with van der Waals surface area (Å²) < 4.78 is 22.5. The van der Waals surface area contributed by atoms with Crippen molar-refractivity contribution in [2.24, 2.45) is 0 Å². The van der Waals surface area contributed by atoms with Crippen molar-refractivity contribution in [2.45, 2.75) is 0 Å². The van der Waals surface area contributed by atoms with Crippen LogP contribution in [0.3, 0.4) is 0 Å². The van der Waals surface area contributed by atoms with Crippen LogP contribution >= 0.6 is 0 Å². The molecule has 8 heteroatoms. The monoisotopic (exact) mass is 385 g/mol. The van der Waals surface area contributed by atoms with E-state index in [1.54, 1.807) is 34.9 Å². The Balaban J connectivity index is 2.34. The smallest absolute Gasteiger partial charge is 0.341 e. The second-order valence-corrected chi connectivity index (χ2v) is 5.85. The highest BCUT2D eigenvalue weighted by Crippen LogP contribution is 2.28. The summed E-state index contributed by atoms with van der Waals surface area (Å²) in [4.78, 5) is 24.2. The second-order valence-electron chi connectivity index (χ2n) is 5.85. The van der Waals surface area contributed by atoms with Gasteiger partial charge in [-0.15, -0.1) is 0 Å². The minimum absolute atomic E-state index is 0.0376. The number of carbonyl (C=O) groups is 1. The molecule has 8 nitrogen and oxygen atoms in total. The zero-order valence-corrected chi connectivity index (χ0v) is 15.6. The van der Waals surface area contributed by atoms with E-state index >= 15 is 0 Å². The molecule has 2 aromatic carbocycles. The first kappa shape index (κ1) is 19.2. The third-order valence-electron chi connectivity index (χ3n) is 4.16. The molecule has 1 aromatic heterocycles. The van der Waals surface area contributed by atoms with Gasteiger partial charge in [0.2, 0.25) is 5.43 Å². The number of fused-ring (bicyclic) bond motifs is 1. The number of hydrogen-bond donors (Lipinski definition) is 1. The number of methoxy groups -OCH3 is 3. The lowest BCUT2D eigenvalue weighted by Gasteiger charge is -2.16. The number of aromatic nitrogens is 1. The van der Waals surface area contributed by atoms with Crippen molar-refractivity contribution in [1.82, 2.24) is 4.57 Å². The number of ether oxygens (including phenoxy) is 4. The van der Waals surface area contributed by atoms with Gasteiger partial charge in [0, 0.05) is 43.0 Å². The van der Waals surface area contributed by atoms with Gasteiger partial charge >= 0.3 is 5.97 Å². The maximum Gasteiger partial charge on any atom is 0.341 e. The number of benzene rings is 2. The number of aromatic carboxylic acids is 1. The molecule has 0 radical (unpaired) electrons. The summed E-state index contributed by atoms with van der Waals surface area (Å²) in [5.41, 5.74) is 0.109. The molecule has 0 aliphatic heterocycles. The first-order valence-corrected chi connectivity index (χ1v) is 8.26. The molecule has 28 heavy (non-hydrogen) atoms. The lowest BCUT2D eigenvalue weighted by atomic mass is 10.1. The van der Waals surface area contributed by atoms with E-state index in [4.69, 9.17) is 18.9 Å². The van der Waals surface area contributed by atoms with Crippen LogP contribution in [0.1, 0.15) is 10.4 Å². The summed E-state index contributed by atoms with van der Waals surface area (Å²) in [5, 5.41) is 9.71. The SMILES string of the molecule is COCOc1ccc2c(=O)c(C(=O)O)cn(-c3cc(OC)cc(OC)c3)c2c1. The minimum atomic E-state index is -1.31. The van der Waals surface area contributed by atoms with Gasteiger partial charge < -0.3 is 28.6 Å². The molecule has 146 valence electrons. The summed E-state index contributed by atoms with van der Waals surface area (Å²) >= 11 is 0. The van der Waals surface area contributed by atoms with Crippen LogP contribution in [0.4, 0.5) is 0 Å². The molecule has 3 rings (SSSR count). The number of carboxylic acid groups (broad SMARTS) is 1. The van der Waals surface area contributed by atoms with E-state index in [1.807, 2.05) is 0 Å². The van der Waals surface area contributed by atoms with E-state index in [1.165, 1.54) is 33.6 Å². The summed E-state index contributed by atoms with van der Waals surface area (Å²) in [7, 11) is 4.53. The van der Waals surface area contributed by atoms with Gasteiger partial charge in [-0.05, 0) is 12.1 Å². The average molecular weight is 385 g/mol. The van der Waals surface area contributed by atoms with E-state index in [0.29, 0.717) is 28.5 Å². The van der Waals surface area contributed by atoms with Gasteiger partial charge in [-0.25, -0.2) is 4.79 Å². The van der Waals surface area contributed by atoms with Gasteiger partial charge in [0.1, 0.15) is 22.8 Å². The normalized spacial score (nSPS) is 10.7. The lowest BCUT2D eigenvalue weighted by molar-refractivity contribution is 0.0512. The van der Waals surface area contributed by atoms with Crippen LogP contribution in [0.25, 0.3) is 16.6 Å². The second kappa shape index (κ2) is 8.01. The fourth-order valence-corrected chi connectivity index (χ4v) is 2.82. The molecule has 1 N–H and O–H groups in total. The zero-order valence-electron chi connectivity index (χ0n) is 15.6. The van der Waals surface area contributed by atoms with Crippen LogP contribution in [0.5, 0.6) is 17.2 Å². The molecule has 0 bridgehead atoms. The molecule has 0 saturated heterocycles. The molecule has 0 unspecified atom stereocenters. The first-order valence-electron chi connectivity index (χ1n) is 8.26. The van der Waals surface area contributed by atoms with Gasteiger partial charge in [0.15, 0.2) is 6.79 Å². The first-order chi connectivity index (χ1) is 13.5. The highest BCUT2D eigenvalue weighted by atomic mass is 16.7. The van der Waals surface area contributed by atoms with Gasteiger partial charge in [-0.3, -0.25) is 4.79 Å². The van der Waals surface area contributed by atoms with E-state index in [-0.39, 0.29) is 17.7 Å². The summed E-state index contributed by atoms with van der Waals surface area (Å²) in [6.45, 7) is 0.0376. The van der Waals surface area contributed by atoms with Gasteiger partial charge in [0.25, 0.3) is 0 Å². The molecule has 3 aromatic rings. The summed E-state index contributed by atoms with van der Waals surface area (Å²) in [5.74, 6) is 0.199. The maximum absolute atomic E-state index is 12.6. The predicted molar refractivity (Wildman–Crippen MR) is 102 cm³/mol. The molecule has 1 heterocycles. The Morgan fingerprint density at radius 1 is 1.00 bits per heavy atom. The largest absolute Gasteiger partial charge is 0.497 e. The van der Waals surface area contributed by atoms with Crippen molar-refractivity contribution < 1.29 is 28.8 Å². The van der Waals surface area contributed by atoms with Crippen molar-refractivity contribution >= 4 is 16.9 Å². The van der Waals surface area contributed by atoms with Crippen molar-refractivity contribution in [3.63, 3.8) is 0 Å². The van der Waals surface area contributed by atoms with E-state index < -0.39 is 11.4 Å². The average Bonchev–Trinajstić information content (AvgIpc) is 2.71. The van der Waals surface area contributed by atoms with Crippen molar-refractivity contribution in [3.05, 3.63) is 58.4 Å². The highest BCUT2D eigenvalue weighted by molar-refractivity contribution is 5.93. The fourth-order valence-electron chi connectivity index (χ4n) is 2.82. The molecular formula is C20H19NO7. The van der Waals surface area contributed by atoms with Crippen LogP contribution in [-0.4, -0.2) is 43.8 Å². The van der Waals surface area contributed by atoms with Gasteiger partial charge in [-0.2, -0.15) is 0 Å². The van der Waals surface area contributed by atoms with Crippen LogP contribution in [-0.2, 0) is 4.74 Å². The van der Waals surface area contributed by atoms with Crippen LogP contribution < -0.4 is 19.6 Å². The van der Waals surface area contributed by atoms with Crippen molar-refractivity contribution in [1.29, 1.82) is 0 Å². The van der Waals surface area contributed by atoms with Crippen molar-refractivity contribution in [2.75, 3.05) is 28.1 Å². The third kappa shape index (κ3) is 3.63. The van der Waals surface area contributed by atoms with E-state index in [2.05, 4.69) is 0 Å². The van der Waals surface area contributed by atoms with Crippen LogP contribution in [0, 0.1) is 0 Å². The molecule has 0 atom stereocenters. The standard InChI is InChI=1S/C20H19NO7/c1-25-11-28-13-4-5-16-18(9-13)21(10-17(19(16)22)20(23)24)12-6-14(26-2)8-15(7-12)27-3/h4-10H,11H2,1-3H3,(H,23,24). The Bertz CT molecular complexity index is 1070. The molecular weight excluding hydrogens is 366 g/mol. The number of carboxylic acids is 1. The maximum atomic E-state index is 12.6. The Morgan fingerprint density at radius 3 is 2.25 bits per heavy atom. The number of hydrogen-bond acceptors (Lipinski definition) is 6. The number of pyridine rings is 1. The topological polar surface area (TPSA) is 96.2 Å². The molecule has 0 fully saturated rings. The number of rotatable bonds is 7. The summed E-state index contributed by atoms with van der Waals surface area (Å²) in [6.07, 6.45) is 1.28. The molecule has 0 spiro atoms. The quantitative estimate of drug-likeness (QED) is 0.625. The lowest BCUT2D eigenvalue weighted by Crippen LogP contribution is -2.18. The van der Waals surface area contributed by atoms with Gasteiger partial charge in [0.05, 0.1) is 25.4 Å². The third-order valence-corrected chi connectivity index (χ3v) is 4.16. The number of nitrogens with zero attached hydrogens (tertiary/aromatic N) is 1. The van der Waals surface area contributed by atoms with Crippen LogP contribution in [0.15, 0.2) is 47.4 Å². The van der Waals surface area contributed by atoms with Crippen LogP contribution in [0.2, 0.25) is 0 Å². The van der Waals surface area contributed by atoms with Crippen molar-refractivity contribution in [3.8, 4) is 22.9 Å². The molecule has 0 amide bonds. The van der Waals surface area contributed by atoms with E-state index in [9.17, 15) is 14.7 Å². The summed E-state index contributed by atoms with van der Waals surface area (Å²) in [6, 6.07) is 9.88. The van der Waals surface area contributed by atoms with E-state index in [0.717, 1.165) is 0 Å². The highest BCUT2D eigenvalue weighted by Gasteiger charge is 2.17. The Kier molecular flexibility index (Phi) is 5.51. The predicted octanol–water partition coefficient (Wildman–Crippen LogP) is 2.69. The minimum Gasteiger partial charge on any atom is -0.497 e.